The topological polar surface area (TPSA) is 103 Å². The van der Waals surface area contributed by atoms with Crippen LogP contribution in [0, 0.1) is 0 Å². The van der Waals surface area contributed by atoms with Crippen LogP contribution in [0.15, 0.2) is 117 Å². The molecule has 0 aliphatic rings. The zero-order valence-corrected chi connectivity index (χ0v) is 32.0. The van der Waals surface area contributed by atoms with Crippen molar-refractivity contribution in [1.82, 2.24) is 0 Å². The second-order valence-corrected chi connectivity index (χ2v) is 13.2. The highest BCUT2D eigenvalue weighted by molar-refractivity contribution is 5.82. The zero-order chi connectivity index (χ0) is 37.9. The molecule has 0 aromatic heterocycles. The average molecular weight is 705 g/mol. The van der Waals surface area contributed by atoms with Gasteiger partial charge in [-0.3, -0.25) is 20.0 Å². The van der Waals surface area contributed by atoms with Gasteiger partial charge in [-0.05, 0) is 70.8 Å². The normalized spacial score (nSPS) is 12.7. The van der Waals surface area contributed by atoms with E-state index in [4.69, 9.17) is 0 Å². The Hall–Kier alpha value is -5.32. The number of benzene rings is 4. The first-order valence-electron chi connectivity index (χ1n) is 17.4. The number of hydrogen-bond donors (Lipinski definition) is 2. The molecule has 4 aromatic carbocycles. The van der Waals surface area contributed by atoms with Crippen molar-refractivity contribution in [2.24, 2.45) is 20.0 Å². The van der Waals surface area contributed by atoms with E-state index < -0.39 is 12.2 Å². The fourth-order valence-corrected chi connectivity index (χ4v) is 4.67. The minimum Gasteiger partial charge on any atom is -0.389 e. The number of aliphatic hydroxyl groups excluding tert-OH is 2. The van der Waals surface area contributed by atoms with Crippen molar-refractivity contribution in [1.29, 1.82) is 0 Å². The summed E-state index contributed by atoms with van der Waals surface area (Å²) in [6.45, 7) is 1.36. The molecule has 276 valence electrons. The van der Waals surface area contributed by atoms with Crippen LogP contribution in [0.1, 0.15) is 22.3 Å². The van der Waals surface area contributed by atoms with Crippen molar-refractivity contribution in [2.45, 2.75) is 12.2 Å². The Kier molecular flexibility index (Phi) is 17.2. The molecule has 0 saturated heterocycles. The predicted octanol–water partition coefficient (Wildman–Crippen LogP) is 5.44. The molecule has 0 radical (unpaired) electrons. The third-order valence-corrected chi connectivity index (χ3v) is 7.86. The van der Waals surface area contributed by atoms with Gasteiger partial charge in [0.2, 0.25) is 0 Å². The highest BCUT2D eigenvalue weighted by atomic mass is 16.3. The second kappa shape index (κ2) is 21.8. The summed E-state index contributed by atoms with van der Waals surface area (Å²) in [4.78, 5) is 25.4. The highest BCUT2D eigenvalue weighted by Crippen LogP contribution is 2.14. The molecule has 4 rings (SSSR count). The summed E-state index contributed by atoms with van der Waals surface area (Å²) < 4.78 is 0. The van der Waals surface area contributed by atoms with Crippen LogP contribution < -0.4 is 19.6 Å². The molecule has 10 nitrogen and oxygen atoms in total. The lowest BCUT2D eigenvalue weighted by atomic mass is 10.2. The molecule has 0 bridgehead atoms. The van der Waals surface area contributed by atoms with Gasteiger partial charge in [-0.15, -0.1) is 0 Å². The Morgan fingerprint density at radius 2 is 0.538 bits per heavy atom. The van der Waals surface area contributed by atoms with Crippen LogP contribution in [0.4, 0.5) is 22.7 Å². The van der Waals surface area contributed by atoms with Gasteiger partial charge in [-0.2, -0.15) is 0 Å². The van der Waals surface area contributed by atoms with Gasteiger partial charge in [-0.25, -0.2) is 0 Å². The standard InChI is InChI=1S/2C21H28N4O/c2*1-24(2)19-9-5-17(6-10-19)13-22-15-21(26)16-23-14-18-7-11-20(12-8-18)25(3)4/h2*5-14,21,26H,15-16H2,1-4H3. The first-order chi connectivity index (χ1) is 24.9. The summed E-state index contributed by atoms with van der Waals surface area (Å²) in [7, 11) is 16.1. The highest BCUT2D eigenvalue weighted by Gasteiger charge is 2.02. The van der Waals surface area contributed by atoms with E-state index in [9.17, 15) is 10.2 Å². The SMILES string of the molecule is CN(C)c1ccc(C=NCC(O)CN=Cc2ccc(N(C)C)cc2)cc1.CN(C)c1ccc(C=NCC(O)CN=Cc2ccc(N(C)C)cc2)cc1. The first-order valence-corrected chi connectivity index (χ1v) is 17.4. The van der Waals surface area contributed by atoms with E-state index in [1.54, 1.807) is 24.9 Å². The van der Waals surface area contributed by atoms with Crippen molar-refractivity contribution in [3.05, 3.63) is 119 Å². The lowest BCUT2D eigenvalue weighted by Gasteiger charge is -2.11. The maximum Gasteiger partial charge on any atom is 0.0929 e. The Balaban J connectivity index is 0.000000280. The van der Waals surface area contributed by atoms with Crippen molar-refractivity contribution >= 4 is 47.6 Å². The summed E-state index contributed by atoms with van der Waals surface area (Å²) in [5.41, 5.74) is 8.68. The number of hydrogen-bond acceptors (Lipinski definition) is 10. The van der Waals surface area contributed by atoms with E-state index in [-0.39, 0.29) is 0 Å². The Bertz CT molecular complexity index is 1440. The molecule has 0 saturated carbocycles. The van der Waals surface area contributed by atoms with Gasteiger partial charge in [0.15, 0.2) is 0 Å². The first kappa shape index (κ1) is 41.1. The van der Waals surface area contributed by atoms with Crippen molar-refractivity contribution in [2.75, 3.05) is 102 Å². The Labute approximate surface area is 310 Å². The zero-order valence-electron chi connectivity index (χ0n) is 32.0. The van der Waals surface area contributed by atoms with Crippen LogP contribution in [0.3, 0.4) is 0 Å². The third-order valence-electron chi connectivity index (χ3n) is 7.86. The summed E-state index contributed by atoms with van der Waals surface area (Å²) in [5.74, 6) is 0. The number of anilines is 4. The van der Waals surface area contributed by atoms with Crippen LogP contribution in [0.5, 0.6) is 0 Å². The molecule has 0 aliphatic heterocycles. The van der Waals surface area contributed by atoms with E-state index >= 15 is 0 Å². The Morgan fingerprint density at radius 1 is 0.365 bits per heavy atom. The van der Waals surface area contributed by atoms with E-state index in [0.717, 1.165) is 45.0 Å². The molecule has 0 amide bonds. The van der Waals surface area contributed by atoms with Crippen LogP contribution in [-0.2, 0) is 0 Å². The fourth-order valence-electron chi connectivity index (χ4n) is 4.67. The van der Waals surface area contributed by atoms with Crippen LogP contribution in [0.2, 0.25) is 0 Å². The van der Waals surface area contributed by atoms with E-state index in [1.807, 2.05) is 153 Å². The molecule has 0 aliphatic carbocycles. The van der Waals surface area contributed by atoms with Crippen molar-refractivity contribution in [3.8, 4) is 0 Å². The number of aliphatic hydroxyl groups is 2. The summed E-state index contributed by atoms with van der Waals surface area (Å²) in [6, 6.07) is 32.5. The van der Waals surface area contributed by atoms with Crippen LogP contribution in [-0.4, -0.2) is 130 Å². The number of nitrogens with zero attached hydrogens (tertiary/aromatic N) is 8. The molecule has 10 heteroatoms. The maximum absolute atomic E-state index is 10.00. The van der Waals surface area contributed by atoms with Gasteiger partial charge in [0.25, 0.3) is 0 Å². The maximum atomic E-state index is 10.00. The van der Waals surface area contributed by atoms with Gasteiger partial charge < -0.3 is 29.8 Å². The second-order valence-electron chi connectivity index (χ2n) is 13.2. The molecule has 4 aromatic rings. The van der Waals surface area contributed by atoms with E-state index in [1.165, 1.54) is 0 Å². The van der Waals surface area contributed by atoms with Gasteiger partial charge >= 0.3 is 0 Å². The summed E-state index contributed by atoms with van der Waals surface area (Å²) in [6.07, 6.45) is 5.98. The van der Waals surface area contributed by atoms with Gasteiger partial charge in [0.1, 0.15) is 0 Å². The molecule has 0 fully saturated rings. The lowest BCUT2D eigenvalue weighted by Crippen LogP contribution is -2.15. The molecule has 0 unspecified atom stereocenters. The van der Waals surface area contributed by atoms with Crippen LogP contribution >= 0.6 is 0 Å². The monoisotopic (exact) mass is 704 g/mol. The number of rotatable bonds is 16. The smallest absolute Gasteiger partial charge is 0.0929 e. The van der Waals surface area contributed by atoms with Gasteiger partial charge in [0, 0.05) is 104 Å². The molecule has 2 N–H and O–H groups in total. The average Bonchev–Trinajstić information content (AvgIpc) is 3.13. The van der Waals surface area contributed by atoms with Gasteiger partial charge in [0.05, 0.1) is 38.4 Å². The summed E-state index contributed by atoms with van der Waals surface area (Å²) in [5, 5.41) is 20.0. The van der Waals surface area contributed by atoms with Crippen molar-refractivity contribution in [3.63, 3.8) is 0 Å². The minimum atomic E-state index is -0.579. The van der Waals surface area contributed by atoms with Gasteiger partial charge in [-0.1, -0.05) is 48.5 Å². The number of aliphatic imine (C=N–C) groups is 4. The predicted molar refractivity (Wildman–Crippen MR) is 225 cm³/mol. The molecule has 0 atom stereocenters. The molecular weight excluding hydrogens is 649 g/mol. The Morgan fingerprint density at radius 3 is 0.692 bits per heavy atom. The molecule has 52 heavy (non-hydrogen) atoms. The minimum absolute atomic E-state index is 0.340. The largest absolute Gasteiger partial charge is 0.389 e. The fraction of sp³-hybridized carbons (Fsp3) is 0.333. The molecule has 0 heterocycles. The quantitative estimate of drug-likeness (QED) is 0.151. The van der Waals surface area contributed by atoms with E-state index in [0.29, 0.717) is 26.2 Å². The van der Waals surface area contributed by atoms with E-state index in [2.05, 4.69) is 39.6 Å². The van der Waals surface area contributed by atoms with Crippen LogP contribution in [0.25, 0.3) is 0 Å². The third kappa shape index (κ3) is 15.3. The summed E-state index contributed by atoms with van der Waals surface area (Å²) >= 11 is 0. The van der Waals surface area contributed by atoms with Crippen molar-refractivity contribution < 1.29 is 10.2 Å². The lowest BCUT2D eigenvalue weighted by molar-refractivity contribution is 0.192. The molecule has 0 spiro atoms. The molecular formula is C42H56N8O2.